The van der Waals surface area contributed by atoms with Crippen LogP contribution in [0.25, 0.3) is 0 Å². The number of aromatic amines is 1. The summed E-state index contributed by atoms with van der Waals surface area (Å²) in [5.41, 5.74) is 6.56. The normalized spacial score (nSPS) is 19.0. The molecule has 1 aromatic rings. The molecular formula is C19H30N6O5S. The van der Waals surface area contributed by atoms with Crippen molar-refractivity contribution in [3.8, 4) is 0 Å². The molecule has 3 amide bonds. The molecular weight excluding hydrogens is 424 g/mol. The van der Waals surface area contributed by atoms with E-state index < -0.39 is 42.0 Å². The van der Waals surface area contributed by atoms with E-state index in [-0.39, 0.29) is 24.0 Å². The Morgan fingerprint density at radius 1 is 1.32 bits per heavy atom. The maximum absolute atomic E-state index is 13.0. The van der Waals surface area contributed by atoms with Crippen molar-refractivity contribution in [3.05, 3.63) is 18.2 Å². The van der Waals surface area contributed by atoms with Crippen molar-refractivity contribution in [2.24, 2.45) is 11.7 Å². The summed E-state index contributed by atoms with van der Waals surface area (Å²) in [5.74, 6) is -2.87. The smallest absolute Gasteiger partial charge is 0.327 e. The molecule has 11 nitrogen and oxygen atoms in total. The Morgan fingerprint density at radius 2 is 2.03 bits per heavy atom. The fourth-order valence-corrected chi connectivity index (χ4v) is 3.58. The lowest BCUT2D eigenvalue weighted by atomic mass is 10.0. The van der Waals surface area contributed by atoms with Gasteiger partial charge < -0.3 is 31.4 Å². The number of amides is 3. The number of aromatic nitrogens is 2. The van der Waals surface area contributed by atoms with Gasteiger partial charge in [-0.25, -0.2) is 9.78 Å². The Hall–Kier alpha value is -2.60. The summed E-state index contributed by atoms with van der Waals surface area (Å²) in [6, 6.07) is -3.73. The van der Waals surface area contributed by atoms with Crippen LogP contribution in [0.1, 0.15) is 32.4 Å². The van der Waals surface area contributed by atoms with Crippen LogP contribution in [0, 0.1) is 5.92 Å². The molecule has 0 aliphatic carbocycles. The first-order valence-corrected chi connectivity index (χ1v) is 10.8. The van der Waals surface area contributed by atoms with Crippen LogP contribution in [0.15, 0.2) is 12.5 Å². The fourth-order valence-electron chi connectivity index (χ4n) is 3.33. The number of carbonyl (C=O) groups is 4. The number of rotatable bonds is 10. The predicted molar refractivity (Wildman–Crippen MR) is 115 cm³/mol. The second-order valence-corrected chi connectivity index (χ2v) is 8.25. The lowest BCUT2D eigenvalue weighted by molar-refractivity contribution is -0.142. The maximum Gasteiger partial charge on any atom is 0.327 e. The van der Waals surface area contributed by atoms with E-state index in [2.05, 4.69) is 33.2 Å². The van der Waals surface area contributed by atoms with E-state index in [1.807, 2.05) is 13.8 Å². The second kappa shape index (κ2) is 11.1. The van der Waals surface area contributed by atoms with Crippen LogP contribution in [-0.2, 0) is 25.6 Å². The molecule has 1 aliphatic rings. The fraction of sp³-hybridized carbons (Fsp3) is 0.632. The van der Waals surface area contributed by atoms with Crippen molar-refractivity contribution in [2.75, 3.05) is 12.3 Å². The number of aliphatic carboxylic acids is 1. The third-order valence-electron chi connectivity index (χ3n) is 5.25. The number of H-pyrrole nitrogens is 1. The van der Waals surface area contributed by atoms with Crippen molar-refractivity contribution < 1.29 is 24.3 Å². The van der Waals surface area contributed by atoms with E-state index in [1.54, 1.807) is 0 Å². The molecule has 31 heavy (non-hydrogen) atoms. The van der Waals surface area contributed by atoms with Gasteiger partial charge in [-0.2, -0.15) is 12.6 Å². The van der Waals surface area contributed by atoms with Gasteiger partial charge in [-0.05, 0) is 18.8 Å². The number of hydrogen-bond donors (Lipinski definition) is 6. The van der Waals surface area contributed by atoms with E-state index in [9.17, 15) is 24.3 Å². The zero-order valence-electron chi connectivity index (χ0n) is 17.6. The molecule has 0 bridgehead atoms. The third-order valence-corrected chi connectivity index (χ3v) is 5.62. The average molecular weight is 455 g/mol. The topological polar surface area (TPSA) is 171 Å². The van der Waals surface area contributed by atoms with Gasteiger partial charge in [0.15, 0.2) is 0 Å². The third kappa shape index (κ3) is 6.44. The summed E-state index contributed by atoms with van der Waals surface area (Å²) in [4.78, 5) is 57.9. The molecule has 12 heteroatoms. The van der Waals surface area contributed by atoms with E-state index in [1.165, 1.54) is 17.4 Å². The Bertz CT molecular complexity index is 787. The quantitative estimate of drug-likeness (QED) is 0.244. The van der Waals surface area contributed by atoms with Gasteiger partial charge in [-0.1, -0.05) is 13.8 Å². The van der Waals surface area contributed by atoms with Gasteiger partial charge in [0.25, 0.3) is 0 Å². The molecule has 1 fully saturated rings. The number of nitrogens with zero attached hydrogens (tertiary/aromatic N) is 2. The summed E-state index contributed by atoms with van der Waals surface area (Å²) in [6.45, 7) is 4.08. The highest BCUT2D eigenvalue weighted by Crippen LogP contribution is 2.20. The SMILES string of the molecule is CC(C)C(N)C(=O)N1CCCC1C(=O)NC(Cc1cnc[nH]1)C(=O)NC(CS)C(=O)O. The van der Waals surface area contributed by atoms with Crippen LogP contribution < -0.4 is 16.4 Å². The number of nitrogens with two attached hydrogens (primary N) is 1. The number of thiol groups is 1. The maximum atomic E-state index is 13.0. The molecule has 2 rings (SSSR count). The standard InChI is InChI=1S/C19H30N6O5S/c1-10(2)15(20)18(28)25-5-3-4-14(25)17(27)23-12(6-11-7-21-9-22-11)16(26)24-13(8-31)19(29)30/h7,9-10,12-15,31H,3-6,8,20H2,1-2H3,(H,21,22)(H,23,27)(H,24,26)(H,29,30). The van der Waals surface area contributed by atoms with Crippen LogP contribution in [0.2, 0.25) is 0 Å². The summed E-state index contributed by atoms with van der Waals surface area (Å²) >= 11 is 3.94. The highest BCUT2D eigenvalue weighted by molar-refractivity contribution is 7.80. The zero-order chi connectivity index (χ0) is 23.1. The Kier molecular flexibility index (Phi) is 8.87. The Labute approximate surface area is 185 Å². The van der Waals surface area contributed by atoms with Gasteiger partial charge in [0.05, 0.1) is 12.4 Å². The van der Waals surface area contributed by atoms with Crippen LogP contribution in [-0.4, -0.2) is 80.1 Å². The summed E-state index contributed by atoms with van der Waals surface area (Å²) in [6.07, 6.45) is 4.11. The minimum absolute atomic E-state index is 0.0721. The van der Waals surface area contributed by atoms with E-state index in [0.29, 0.717) is 25.1 Å². The highest BCUT2D eigenvalue weighted by Gasteiger charge is 2.38. The van der Waals surface area contributed by atoms with Gasteiger partial charge in [0.2, 0.25) is 17.7 Å². The van der Waals surface area contributed by atoms with E-state index in [0.717, 1.165) is 0 Å². The number of likely N-dealkylation sites (tertiary alicyclic amines) is 1. The van der Waals surface area contributed by atoms with E-state index in [4.69, 9.17) is 5.73 Å². The minimum atomic E-state index is -1.23. The van der Waals surface area contributed by atoms with Crippen LogP contribution in [0.4, 0.5) is 0 Å². The second-order valence-electron chi connectivity index (χ2n) is 7.88. The summed E-state index contributed by atoms with van der Waals surface area (Å²) in [5, 5.41) is 14.2. The number of nitrogens with one attached hydrogen (secondary N) is 3. The number of carbonyl (C=O) groups excluding carboxylic acids is 3. The highest BCUT2D eigenvalue weighted by atomic mass is 32.1. The molecule has 1 saturated heterocycles. The van der Waals surface area contributed by atoms with Gasteiger partial charge in [-0.3, -0.25) is 14.4 Å². The Morgan fingerprint density at radius 3 is 2.58 bits per heavy atom. The Balaban J connectivity index is 2.15. The van der Waals surface area contributed by atoms with Crippen molar-refractivity contribution in [3.63, 3.8) is 0 Å². The molecule has 6 N–H and O–H groups in total. The molecule has 0 saturated carbocycles. The first kappa shape index (κ1) is 24.7. The van der Waals surface area contributed by atoms with Crippen LogP contribution in [0.5, 0.6) is 0 Å². The lowest BCUT2D eigenvalue weighted by Gasteiger charge is -2.29. The molecule has 2 heterocycles. The molecule has 0 spiro atoms. The molecule has 1 aliphatic heterocycles. The summed E-state index contributed by atoms with van der Waals surface area (Å²) < 4.78 is 0. The van der Waals surface area contributed by atoms with Crippen molar-refractivity contribution in [2.45, 2.75) is 57.3 Å². The summed E-state index contributed by atoms with van der Waals surface area (Å²) in [7, 11) is 0. The zero-order valence-corrected chi connectivity index (χ0v) is 18.5. The van der Waals surface area contributed by atoms with Gasteiger partial charge in [0.1, 0.15) is 18.1 Å². The average Bonchev–Trinajstić information content (AvgIpc) is 3.41. The number of carboxylic acid groups (broad SMARTS) is 1. The van der Waals surface area contributed by atoms with Gasteiger partial charge >= 0.3 is 5.97 Å². The predicted octanol–water partition coefficient (Wildman–Crippen LogP) is -1.09. The molecule has 4 atom stereocenters. The van der Waals surface area contributed by atoms with Crippen LogP contribution in [0.3, 0.4) is 0 Å². The van der Waals surface area contributed by atoms with Crippen molar-refractivity contribution in [1.29, 1.82) is 0 Å². The molecule has 1 aromatic heterocycles. The largest absolute Gasteiger partial charge is 0.480 e. The van der Waals surface area contributed by atoms with Crippen molar-refractivity contribution >= 4 is 36.3 Å². The van der Waals surface area contributed by atoms with Gasteiger partial charge in [-0.15, -0.1) is 0 Å². The molecule has 172 valence electrons. The number of carboxylic acids is 1. The molecule has 0 radical (unpaired) electrons. The van der Waals surface area contributed by atoms with E-state index >= 15 is 0 Å². The molecule has 4 unspecified atom stereocenters. The minimum Gasteiger partial charge on any atom is -0.480 e. The van der Waals surface area contributed by atoms with Gasteiger partial charge in [0, 0.05) is 30.6 Å². The van der Waals surface area contributed by atoms with Crippen LogP contribution >= 0.6 is 12.6 Å². The monoisotopic (exact) mass is 454 g/mol. The number of hydrogen-bond acceptors (Lipinski definition) is 7. The number of imidazole rings is 1. The lowest BCUT2D eigenvalue weighted by Crippen LogP contribution is -2.57. The molecule has 0 aromatic carbocycles. The first-order valence-electron chi connectivity index (χ1n) is 10.1. The first-order chi connectivity index (χ1) is 14.6. The van der Waals surface area contributed by atoms with Crippen molar-refractivity contribution in [1.82, 2.24) is 25.5 Å².